The van der Waals surface area contributed by atoms with Crippen molar-refractivity contribution in [2.24, 2.45) is 5.73 Å². The lowest BCUT2D eigenvalue weighted by molar-refractivity contribution is -0.138. The van der Waals surface area contributed by atoms with Crippen molar-refractivity contribution in [3.63, 3.8) is 0 Å². The molecule has 238 valence electrons. The molecule has 0 saturated carbocycles. The fourth-order valence-electron chi connectivity index (χ4n) is 5.68. The molecule has 1 aliphatic heterocycles. The lowest BCUT2D eigenvalue weighted by Crippen LogP contribution is -2.51. The first kappa shape index (κ1) is 32.0. The molecule has 2 N–H and O–H groups in total. The highest BCUT2D eigenvalue weighted by atomic mass is 19.4. The van der Waals surface area contributed by atoms with E-state index < -0.39 is 58.6 Å². The van der Waals surface area contributed by atoms with E-state index in [0.717, 1.165) is 33.4 Å². The minimum Gasteiger partial charge on any atom is -0.363 e. The van der Waals surface area contributed by atoms with Gasteiger partial charge in [-0.05, 0) is 30.7 Å². The number of nitrogens with zero attached hydrogens (tertiary/aromatic N) is 4. The third kappa shape index (κ3) is 6.69. The first-order valence-corrected chi connectivity index (χ1v) is 14.3. The van der Waals surface area contributed by atoms with E-state index in [0.29, 0.717) is 18.7 Å². The second-order valence-corrected chi connectivity index (χ2v) is 11.0. The lowest BCUT2D eigenvalue weighted by Gasteiger charge is -2.37. The van der Waals surface area contributed by atoms with Gasteiger partial charge in [-0.25, -0.2) is 18.0 Å². The van der Waals surface area contributed by atoms with Crippen LogP contribution in [0.25, 0.3) is 0 Å². The van der Waals surface area contributed by atoms with Gasteiger partial charge in [0.1, 0.15) is 11.5 Å². The zero-order valence-electron chi connectivity index (χ0n) is 24.3. The van der Waals surface area contributed by atoms with Gasteiger partial charge in [-0.1, -0.05) is 48.5 Å². The molecular weight excluding hydrogens is 600 g/mol. The Hall–Kier alpha value is -4.36. The van der Waals surface area contributed by atoms with Crippen LogP contribution in [0.1, 0.15) is 34.0 Å². The summed E-state index contributed by atoms with van der Waals surface area (Å²) in [6.45, 7) is 1.65. The summed E-state index contributed by atoms with van der Waals surface area (Å²) >= 11 is 0. The van der Waals surface area contributed by atoms with E-state index in [1.54, 1.807) is 35.2 Å². The Morgan fingerprint density at radius 3 is 2.11 bits per heavy atom. The van der Waals surface area contributed by atoms with Gasteiger partial charge >= 0.3 is 11.9 Å². The molecular formula is C32H31F6N5O2. The van der Waals surface area contributed by atoms with Crippen LogP contribution in [-0.4, -0.2) is 40.2 Å². The topological polar surface area (TPSA) is 76.5 Å². The van der Waals surface area contributed by atoms with Crippen molar-refractivity contribution in [1.29, 1.82) is 0 Å². The van der Waals surface area contributed by atoms with Gasteiger partial charge in [0.2, 0.25) is 0 Å². The molecule has 45 heavy (non-hydrogen) atoms. The molecule has 0 spiro atoms. The summed E-state index contributed by atoms with van der Waals surface area (Å²) in [5.41, 5.74) is 3.72. The van der Waals surface area contributed by atoms with Crippen LogP contribution in [0.3, 0.4) is 0 Å². The minimum absolute atomic E-state index is 0.0653. The van der Waals surface area contributed by atoms with Gasteiger partial charge in [-0.15, -0.1) is 0 Å². The largest absolute Gasteiger partial charge is 0.416 e. The molecule has 5 rings (SSSR count). The Morgan fingerprint density at radius 2 is 1.44 bits per heavy atom. The summed E-state index contributed by atoms with van der Waals surface area (Å²) in [6.07, 6.45) is -4.89. The second kappa shape index (κ2) is 12.9. The summed E-state index contributed by atoms with van der Waals surface area (Å²) in [5, 5.41) is 0. The highest BCUT2D eigenvalue weighted by molar-refractivity contribution is 5.50. The Labute approximate surface area is 254 Å². The van der Waals surface area contributed by atoms with E-state index in [-0.39, 0.29) is 43.1 Å². The van der Waals surface area contributed by atoms with E-state index in [9.17, 15) is 35.9 Å². The lowest BCUT2D eigenvalue weighted by atomic mass is 10.1. The highest BCUT2D eigenvalue weighted by Crippen LogP contribution is 2.33. The Kier molecular flexibility index (Phi) is 9.21. The van der Waals surface area contributed by atoms with Gasteiger partial charge < -0.3 is 10.6 Å². The molecule has 0 bridgehead atoms. The fourth-order valence-corrected chi connectivity index (χ4v) is 5.68. The highest BCUT2D eigenvalue weighted by Gasteiger charge is 2.35. The average molecular weight is 632 g/mol. The van der Waals surface area contributed by atoms with E-state index in [1.807, 2.05) is 4.90 Å². The maximum Gasteiger partial charge on any atom is 0.416 e. The molecule has 0 aliphatic carbocycles. The van der Waals surface area contributed by atoms with Crippen molar-refractivity contribution < 1.29 is 26.3 Å². The molecule has 1 fully saturated rings. The third-order valence-corrected chi connectivity index (χ3v) is 8.12. The minimum atomic E-state index is -4.89. The van der Waals surface area contributed by atoms with Crippen LogP contribution in [0.15, 0.2) is 76.3 Å². The standard InChI is InChI=1S/C32H31F6N5O2/c1-20-29(41-15-13-40(14-16-41)17-22-9-5-12-26(34)28(22)35)30(44)43(19-27(39)21-7-3-2-4-8-21)31(45)42(20)18-23-24(32(36,37)38)10-6-11-25(23)33/h2-12,27H,13-19,39H2,1H3/t27-/m0/s1. The predicted molar refractivity (Wildman–Crippen MR) is 157 cm³/mol. The van der Waals surface area contributed by atoms with Crippen molar-refractivity contribution >= 4 is 5.69 Å². The molecule has 13 heteroatoms. The zero-order chi connectivity index (χ0) is 32.5. The predicted octanol–water partition coefficient (Wildman–Crippen LogP) is 4.83. The van der Waals surface area contributed by atoms with Crippen molar-refractivity contribution in [1.82, 2.24) is 14.0 Å². The number of alkyl halides is 3. The van der Waals surface area contributed by atoms with Crippen molar-refractivity contribution in [3.8, 4) is 0 Å². The maximum atomic E-state index is 14.9. The van der Waals surface area contributed by atoms with Gasteiger partial charge in [0, 0.05) is 55.6 Å². The van der Waals surface area contributed by atoms with Crippen LogP contribution < -0.4 is 21.9 Å². The van der Waals surface area contributed by atoms with Crippen LogP contribution in [0, 0.1) is 24.4 Å². The van der Waals surface area contributed by atoms with Gasteiger partial charge in [0.15, 0.2) is 11.6 Å². The number of halogens is 6. The normalized spacial score (nSPS) is 15.0. The number of anilines is 1. The van der Waals surface area contributed by atoms with Crippen LogP contribution in [0.4, 0.5) is 32.0 Å². The smallest absolute Gasteiger partial charge is 0.363 e. The molecule has 2 heterocycles. The van der Waals surface area contributed by atoms with Gasteiger partial charge in [0.25, 0.3) is 5.56 Å². The van der Waals surface area contributed by atoms with E-state index >= 15 is 0 Å². The Bertz CT molecular complexity index is 1800. The third-order valence-electron chi connectivity index (χ3n) is 8.12. The molecule has 3 aromatic carbocycles. The van der Waals surface area contributed by atoms with Crippen molar-refractivity contribution in [3.05, 3.63) is 133 Å². The molecule has 7 nitrogen and oxygen atoms in total. The second-order valence-electron chi connectivity index (χ2n) is 11.0. The fraction of sp³-hybridized carbons (Fsp3) is 0.312. The number of rotatable bonds is 8. The van der Waals surface area contributed by atoms with Gasteiger partial charge in [0.05, 0.1) is 18.7 Å². The molecule has 0 unspecified atom stereocenters. The van der Waals surface area contributed by atoms with Crippen molar-refractivity contribution in [2.45, 2.75) is 38.8 Å². The van der Waals surface area contributed by atoms with Crippen LogP contribution >= 0.6 is 0 Å². The monoisotopic (exact) mass is 631 g/mol. The summed E-state index contributed by atoms with van der Waals surface area (Å²) < 4.78 is 86.3. The van der Waals surface area contributed by atoms with Crippen LogP contribution in [0.5, 0.6) is 0 Å². The summed E-state index contributed by atoms with van der Waals surface area (Å²) in [5.74, 6) is -3.04. The number of piperazine rings is 1. The van der Waals surface area contributed by atoms with Gasteiger partial charge in [-0.2, -0.15) is 13.2 Å². The molecule has 0 amide bonds. The maximum absolute atomic E-state index is 14.9. The average Bonchev–Trinajstić information content (AvgIpc) is 3.01. The number of benzene rings is 3. The number of hydrogen-bond acceptors (Lipinski definition) is 5. The quantitative estimate of drug-likeness (QED) is 0.282. The molecule has 1 atom stereocenters. The molecule has 4 aromatic rings. The first-order valence-electron chi connectivity index (χ1n) is 14.3. The SMILES string of the molecule is Cc1c(N2CCN(Cc3cccc(F)c3F)CC2)c(=O)n(C[C@H](N)c2ccccc2)c(=O)n1Cc1c(F)cccc1C(F)(F)F. The molecule has 0 radical (unpaired) electrons. The number of aromatic nitrogens is 2. The number of nitrogens with two attached hydrogens (primary N) is 1. The molecule has 1 saturated heterocycles. The van der Waals surface area contributed by atoms with E-state index in [4.69, 9.17) is 5.73 Å². The van der Waals surface area contributed by atoms with E-state index in [2.05, 4.69) is 0 Å². The Balaban J connectivity index is 1.54. The van der Waals surface area contributed by atoms with Crippen molar-refractivity contribution in [2.75, 3.05) is 31.1 Å². The number of hydrogen-bond donors (Lipinski definition) is 1. The van der Waals surface area contributed by atoms with Crippen LogP contribution in [0.2, 0.25) is 0 Å². The molecule has 1 aromatic heterocycles. The summed E-state index contributed by atoms with van der Waals surface area (Å²) in [7, 11) is 0. The summed E-state index contributed by atoms with van der Waals surface area (Å²) in [6, 6.07) is 14.4. The Morgan fingerprint density at radius 1 is 0.800 bits per heavy atom. The van der Waals surface area contributed by atoms with Crippen LogP contribution in [-0.2, 0) is 25.8 Å². The van der Waals surface area contributed by atoms with Gasteiger partial charge in [-0.3, -0.25) is 18.8 Å². The summed E-state index contributed by atoms with van der Waals surface area (Å²) in [4.78, 5) is 31.3. The molecule has 1 aliphatic rings. The zero-order valence-corrected chi connectivity index (χ0v) is 24.3. The van der Waals surface area contributed by atoms with E-state index in [1.165, 1.54) is 19.1 Å². The first-order chi connectivity index (χ1) is 21.4.